The second-order valence-electron chi connectivity index (χ2n) is 6.07. The molecular formula is C19H18O6. The molecule has 0 aromatic heterocycles. The molecule has 2 unspecified atom stereocenters. The van der Waals surface area contributed by atoms with E-state index in [1.807, 2.05) is 24.3 Å². The van der Waals surface area contributed by atoms with Gasteiger partial charge >= 0.3 is 5.97 Å². The van der Waals surface area contributed by atoms with Gasteiger partial charge in [-0.3, -0.25) is 0 Å². The number of rotatable bonds is 8. The average Bonchev–Trinajstić information content (AvgIpc) is 3.53. The summed E-state index contributed by atoms with van der Waals surface area (Å²) in [6.45, 7) is 2.47. The molecule has 0 radical (unpaired) electrons. The minimum atomic E-state index is -0.974. The number of benzene rings is 2. The van der Waals surface area contributed by atoms with Crippen LogP contribution in [0.2, 0.25) is 0 Å². The number of carbonyl (C=O) groups is 1. The summed E-state index contributed by atoms with van der Waals surface area (Å²) in [5.41, 5.74) is 1.63. The lowest BCUT2D eigenvalue weighted by Gasteiger charge is -2.11. The fraction of sp³-hybridized carbons (Fsp3) is 0.316. The number of aromatic carboxylic acids is 1. The summed E-state index contributed by atoms with van der Waals surface area (Å²) < 4.78 is 21.5. The maximum absolute atomic E-state index is 11.5. The first-order chi connectivity index (χ1) is 12.2. The highest BCUT2D eigenvalue weighted by Gasteiger charge is 2.24. The molecule has 0 aliphatic carbocycles. The fourth-order valence-corrected chi connectivity index (χ4v) is 2.48. The van der Waals surface area contributed by atoms with E-state index in [9.17, 15) is 9.90 Å². The molecule has 2 fully saturated rings. The van der Waals surface area contributed by atoms with E-state index in [4.69, 9.17) is 18.9 Å². The molecule has 1 N–H and O–H groups in total. The Morgan fingerprint density at radius 3 is 2.08 bits per heavy atom. The molecule has 2 aliphatic rings. The van der Waals surface area contributed by atoms with Crippen LogP contribution in [-0.4, -0.2) is 49.7 Å². The molecule has 2 aliphatic heterocycles. The van der Waals surface area contributed by atoms with E-state index in [1.165, 1.54) is 0 Å². The van der Waals surface area contributed by atoms with Crippen molar-refractivity contribution < 1.29 is 28.8 Å². The molecular weight excluding hydrogens is 324 g/mol. The minimum absolute atomic E-state index is 0.148. The van der Waals surface area contributed by atoms with Crippen molar-refractivity contribution in [2.75, 3.05) is 26.4 Å². The predicted octanol–water partition coefficient (Wildman–Crippen LogP) is 2.61. The molecule has 0 saturated carbocycles. The lowest BCUT2D eigenvalue weighted by atomic mass is 9.99. The molecule has 25 heavy (non-hydrogen) atoms. The molecule has 2 saturated heterocycles. The molecule has 2 heterocycles. The van der Waals surface area contributed by atoms with E-state index >= 15 is 0 Å². The predicted molar refractivity (Wildman–Crippen MR) is 89.3 cm³/mol. The quantitative estimate of drug-likeness (QED) is 0.743. The fourth-order valence-electron chi connectivity index (χ4n) is 2.48. The number of epoxide rings is 2. The zero-order valence-corrected chi connectivity index (χ0v) is 13.5. The zero-order chi connectivity index (χ0) is 17.2. The number of carboxylic acid groups (broad SMARTS) is 1. The van der Waals surface area contributed by atoms with Crippen LogP contribution in [0.1, 0.15) is 10.4 Å². The van der Waals surface area contributed by atoms with Crippen molar-refractivity contribution in [1.29, 1.82) is 0 Å². The minimum Gasteiger partial charge on any atom is -0.491 e. The summed E-state index contributed by atoms with van der Waals surface area (Å²) in [5, 5.41) is 9.45. The average molecular weight is 342 g/mol. The Kier molecular flexibility index (Phi) is 4.29. The van der Waals surface area contributed by atoms with Crippen molar-refractivity contribution in [2.45, 2.75) is 12.2 Å². The third kappa shape index (κ3) is 4.10. The maximum Gasteiger partial charge on any atom is 0.336 e. The molecule has 0 bridgehead atoms. The van der Waals surface area contributed by atoms with Crippen LogP contribution in [0, 0.1) is 0 Å². The van der Waals surface area contributed by atoms with Crippen LogP contribution in [0.3, 0.4) is 0 Å². The Morgan fingerprint density at radius 2 is 1.52 bits per heavy atom. The third-order valence-corrected chi connectivity index (χ3v) is 4.06. The van der Waals surface area contributed by atoms with E-state index in [2.05, 4.69) is 0 Å². The molecule has 6 heteroatoms. The van der Waals surface area contributed by atoms with Crippen LogP contribution < -0.4 is 9.47 Å². The monoisotopic (exact) mass is 342 g/mol. The number of hydrogen-bond acceptors (Lipinski definition) is 5. The SMILES string of the molecule is O=C(O)c1ccc(OCC2CO2)cc1-c1ccc(OCC2CO2)cc1. The van der Waals surface area contributed by atoms with E-state index in [0.717, 1.165) is 17.9 Å². The van der Waals surface area contributed by atoms with E-state index < -0.39 is 5.97 Å². The van der Waals surface area contributed by atoms with Gasteiger partial charge in [0.1, 0.15) is 36.9 Å². The van der Waals surface area contributed by atoms with Gasteiger partial charge < -0.3 is 24.1 Å². The Hall–Kier alpha value is -2.57. The van der Waals surface area contributed by atoms with Crippen LogP contribution in [0.4, 0.5) is 0 Å². The van der Waals surface area contributed by atoms with Gasteiger partial charge in [-0.05, 0) is 41.5 Å². The van der Waals surface area contributed by atoms with Crippen molar-refractivity contribution in [3.8, 4) is 22.6 Å². The van der Waals surface area contributed by atoms with Crippen molar-refractivity contribution in [3.63, 3.8) is 0 Å². The second kappa shape index (κ2) is 6.74. The Bertz CT molecular complexity index is 762. The van der Waals surface area contributed by atoms with Gasteiger partial charge in [0.05, 0.1) is 18.8 Å². The topological polar surface area (TPSA) is 80.8 Å². The maximum atomic E-state index is 11.5. The molecule has 2 aromatic rings. The smallest absolute Gasteiger partial charge is 0.336 e. The molecule has 6 nitrogen and oxygen atoms in total. The molecule has 0 amide bonds. The van der Waals surface area contributed by atoms with Crippen molar-refractivity contribution in [3.05, 3.63) is 48.0 Å². The Labute approximate surface area is 144 Å². The lowest BCUT2D eigenvalue weighted by Crippen LogP contribution is -2.06. The van der Waals surface area contributed by atoms with Crippen LogP contribution >= 0.6 is 0 Å². The molecule has 4 rings (SSSR count). The number of carboxylic acids is 1. The summed E-state index contributed by atoms with van der Waals surface area (Å²) >= 11 is 0. The van der Waals surface area contributed by atoms with Gasteiger partial charge in [0.25, 0.3) is 0 Å². The summed E-state index contributed by atoms with van der Waals surface area (Å²) in [6, 6.07) is 12.3. The van der Waals surface area contributed by atoms with Gasteiger partial charge in [0, 0.05) is 0 Å². The van der Waals surface area contributed by atoms with E-state index in [1.54, 1.807) is 18.2 Å². The molecule has 2 aromatic carbocycles. The Balaban J connectivity index is 1.54. The zero-order valence-electron chi connectivity index (χ0n) is 13.5. The van der Waals surface area contributed by atoms with Gasteiger partial charge in [-0.2, -0.15) is 0 Å². The third-order valence-electron chi connectivity index (χ3n) is 4.06. The second-order valence-corrected chi connectivity index (χ2v) is 6.07. The van der Waals surface area contributed by atoms with Crippen LogP contribution in [0.15, 0.2) is 42.5 Å². The van der Waals surface area contributed by atoms with Crippen molar-refractivity contribution in [1.82, 2.24) is 0 Å². The molecule has 0 spiro atoms. The van der Waals surface area contributed by atoms with Crippen molar-refractivity contribution >= 4 is 5.97 Å². The van der Waals surface area contributed by atoms with Gasteiger partial charge in [-0.1, -0.05) is 12.1 Å². The summed E-state index contributed by atoms with van der Waals surface area (Å²) in [7, 11) is 0. The molecule has 2 atom stereocenters. The van der Waals surface area contributed by atoms with E-state index in [-0.39, 0.29) is 17.8 Å². The largest absolute Gasteiger partial charge is 0.491 e. The molecule has 130 valence electrons. The first-order valence-electron chi connectivity index (χ1n) is 8.15. The van der Waals surface area contributed by atoms with Crippen LogP contribution in [0.5, 0.6) is 11.5 Å². The summed E-state index contributed by atoms with van der Waals surface area (Å²) in [6.07, 6.45) is 0.344. The van der Waals surface area contributed by atoms with Gasteiger partial charge in [0.2, 0.25) is 0 Å². The van der Waals surface area contributed by atoms with Crippen molar-refractivity contribution in [2.24, 2.45) is 0 Å². The first-order valence-corrected chi connectivity index (χ1v) is 8.15. The highest BCUT2D eigenvalue weighted by molar-refractivity contribution is 5.96. The highest BCUT2D eigenvalue weighted by Crippen LogP contribution is 2.30. The lowest BCUT2D eigenvalue weighted by molar-refractivity contribution is 0.0697. The van der Waals surface area contributed by atoms with Crippen LogP contribution in [0.25, 0.3) is 11.1 Å². The summed E-state index contributed by atoms with van der Waals surface area (Å²) in [5.74, 6) is 0.384. The number of ether oxygens (including phenoxy) is 4. The van der Waals surface area contributed by atoms with E-state index in [0.29, 0.717) is 31.1 Å². The number of hydrogen-bond donors (Lipinski definition) is 1. The highest BCUT2D eigenvalue weighted by atomic mass is 16.6. The van der Waals surface area contributed by atoms with Gasteiger partial charge in [-0.25, -0.2) is 4.79 Å². The van der Waals surface area contributed by atoms with Crippen LogP contribution in [-0.2, 0) is 9.47 Å². The first kappa shape index (κ1) is 15.9. The van der Waals surface area contributed by atoms with Gasteiger partial charge in [0.15, 0.2) is 0 Å². The standard InChI is InChI=1S/C19H18O6/c20-19(21)17-6-5-14(23-9-16-11-25-16)7-18(17)12-1-3-13(4-2-12)22-8-15-10-24-15/h1-7,15-16H,8-11H2,(H,20,21). The Morgan fingerprint density at radius 1 is 0.960 bits per heavy atom. The normalized spacial score (nSPS) is 20.8. The summed E-state index contributed by atoms with van der Waals surface area (Å²) in [4.78, 5) is 11.5. The van der Waals surface area contributed by atoms with Gasteiger partial charge in [-0.15, -0.1) is 0 Å².